The minimum absolute atomic E-state index is 0.0878. The van der Waals surface area contributed by atoms with Gasteiger partial charge in [0, 0.05) is 18.4 Å². The molecule has 0 heterocycles. The van der Waals surface area contributed by atoms with Crippen LogP contribution >= 0.6 is 0 Å². The second-order valence-corrected chi connectivity index (χ2v) is 8.85. The molecule has 4 unspecified atom stereocenters. The van der Waals surface area contributed by atoms with Crippen molar-refractivity contribution in [3.8, 4) is 0 Å². The third kappa shape index (κ3) is 6.29. The molecule has 3 aromatic rings. The van der Waals surface area contributed by atoms with E-state index < -0.39 is 11.7 Å². The Morgan fingerprint density at radius 3 is 1.75 bits per heavy atom. The van der Waals surface area contributed by atoms with E-state index in [0.29, 0.717) is 25.7 Å². The van der Waals surface area contributed by atoms with E-state index in [1.54, 1.807) is 6.92 Å². The smallest absolute Gasteiger partial charge is 0.0788 e. The van der Waals surface area contributed by atoms with Crippen LogP contribution in [-0.4, -0.2) is 33.6 Å². The summed E-state index contributed by atoms with van der Waals surface area (Å²) in [6.07, 6.45) is 2.52. The molecule has 3 heteroatoms. The van der Waals surface area contributed by atoms with Gasteiger partial charge >= 0.3 is 0 Å². The number of benzene rings is 3. The van der Waals surface area contributed by atoms with Gasteiger partial charge in [0.2, 0.25) is 0 Å². The van der Waals surface area contributed by atoms with E-state index in [-0.39, 0.29) is 18.4 Å². The van der Waals surface area contributed by atoms with E-state index in [4.69, 9.17) is 0 Å². The molecule has 170 valence electrons. The molecule has 32 heavy (non-hydrogen) atoms. The molecule has 0 fully saturated rings. The summed E-state index contributed by atoms with van der Waals surface area (Å²) in [6, 6.07) is 30.4. The Balaban J connectivity index is 2.08. The second kappa shape index (κ2) is 12.0. The van der Waals surface area contributed by atoms with Crippen LogP contribution in [0.25, 0.3) is 0 Å². The van der Waals surface area contributed by atoms with Crippen LogP contribution in [0.2, 0.25) is 0 Å². The topological polar surface area (TPSA) is 60.7 Å². The van der Waals surface area contributed by atoms with Gasteiger partial charge in [0.25, 0.3) is 0 Å². The first-order valence-electron chi connectivity index (χ1n) is 11.7. The van der Waals surface area contributed by atoms with E-state index in [0.717, 1.165) is 17.5 Å². The van der Waals surface area contributed by atoms with Crippen molar-refractivity contribution in [3.63, 3.8) is 0 Å². The molecule has 3 aromatic carbocycles. The van der Waals surface area contributed by atoms with Crippen LogP contribution in [0.4, 0.5) is 0 Å². The van der Waals surface area contributed by atoms with E-state index in [1.807, 2.05) is 54.6 Å². The van der Waals surface area contributed by atoms with E-state index in [1.165, 1.54) is 5.56 Å². The van der Waals surface area contributed by atoms with Crippen LogP contribution in [0.3, 0.4) is 0 Å². The molecule has 0 aliphatic carbocycles. The van der Waals surface area contributed by atoms with Crippen molar-refractivity contribution in [1.82, 2.24) is 0 Å². The van der Waals surface area contributed by atoms with Crippen molar-refractivity contribution >= 4 is 0 Å². The minimum atomic E-state index is -1.09. The first-order valence-corrected chi connectivity index (χ1v) is 11.7. The van der Waals surface area contributed by atoms with Crippen molar-refractivity contribution in [2.24, 2.45) is 0 Å². The fraction of sp³-hybridized carbons (Fsp3) is 0.379. The molecule has 3 N–H and O–H groups in total. The van der Waals surface area contributed by atoms with Gasteiger partial charge in [-0.05, 0) is 55.7 Å². The number of rotatable bonds is 12. The molecule has 3 rings (SSSR count). The molecule has 0 saturated carbocycles. The van der Waals surface area contributed by atoms with Gasteiger partial charge in [-0.3, -0.25) is 0 Å². The highest BCUT2D eigenvalue weighted by Gasteiger charge is 2.44. The van der Waals surface area contributed by atoms with Crippen LogP contribution in [0.5, 0.6) is 0 Å². The normalized spacial score (nSPS) is 16.1. The Morgan fingerprint density at radius 2 is 1.25 bits per heavy atom. The number of hydrogen-bond donors (Lipinski definition) is 3. The monoisotopic (exact) mass is 432 g/mol. The lowest BCUT2D eigenvalue weighted by atomic mass is 9.65. The standard InChI is InChI=1S/C29H36O3/c1-23(31)22-28(26-16-9-4-10-17-26)29(32,20-19-24-12-5-2-6-13-24)27(18-11-21-30)25-14-7-3-8-15-25/h2-10,12-17,23,27-28,30-32H,11,18-22H2,1H3. The Hall–Kier alpha value is -2.46. The molecule has 0 aliphatic heterocycles. The lowest BCUT2D eigenvalue weighted by Crippen LogP contribution is -2.44. The maximum absolute atomic E-state index is 12.6. The maximum Gasteiger partial charge on any atom is 0.0788 e. The largest absolute Gasteiger partial charge is 0.396 e. The number of aryl methyl sites for hydroxylation is 1. The average molecular weight is 433 g/mol. The molecular weight excluding hydrogens is 396 g/mol. The highest BCUT2D eigenvalue weighted by atomic mass is 16.3. The second-order valence-electron chi connectivity index (χ2n) is 8.85. The van der Waals surface area contributed by atoms with Gasteiger partial charge in [0.15, 0.2) is 0 Å². The Labute approximate surface area is 192 Å². The molecule has 0 amide bonds. The third-order valence-electron chi connectivity index (χ3n) is 6.50. The Bertz CT molecular complexity index is 895. The van der Waals surface area contributed by atoms with Gasteiger partial charge in [-0.15, -0.1) is 0 Å². The van der Waals surface area contributed by atoms with Crippen molar-refractivity contribution in [1.29, 1.82) is 0 Å². The lowest BCUT2D eigenvalue weighted by Gasteiger charge is -2.44. The zero-order chi connectivity index (χ0) is 22.8. The summed E-state index contributed by atoms with van der Waals surface area (Å²) in [4.78, 5) is 0. The first-order chi connectivity index (χ1) is 15.5. The van der Waals surface area contributed by atoms with Gasteiger partial charge in [-0.1, -0.05) is 91.0 Å². The lowest BCUT2D eigenvalue weighted by molar-refractivity contribution is -0.0385. The van der Waals surface area contributed by atoms with Gasteiger partial charge in [-0.2, -0.15) is 0 Å². The van der Waals surface area contributed by atoms with Crippen LogP contribution in [0.1, 0.15) is 61.1 Å². The van der Waals surface area contributed by atoms with Crippen molar-refractivity contribution in [3.05, 3.63) is 108 Å². The minimum Gasteiger partial charge on any atom is -0.396 e. The third-order valence-corrected chi connectivity index (χ3v) is 6.50. The quantitative estimate of drug-likeness (QED) is 0.356. The predicted octanol–water partition coefficient (Wildman–Crippen LogP) is 5.46. The summed E-state index contributed by atoms with van der Waals surface area (Å²) in [7, 11) is 0. The average Bonchev–Trinajstić information content (AvgIpc) is 2.83. The summed E-state index contributed by atoms with van der Waals surface area (Å²) in [5.74, 6) is -0.403. The molecule has 0 radical (unpaired) electrons. The van der Waals surface area contributed by atoms with E-state index in [2.05, 4.69) is 36.4 Å². The van der Waals surface area contributed by atoms with Gasteiger partial charge in [-0.25, -0.2) is 0 Å². The molecule has 0 aliphatic rings. The summed E-state index contributed by atoms with van der Waals surface area (Å²) in [6.45, 7) is 1.88. The van der Waals surface area contributed by atoms with Gasteiger partial charge < -0.3 is 15.3 Å². The Morgan fingerprint density at radius 1 is 0.750 bits per heavy atom. The number of aliphatic hydroxyl groups excluding tert-OH is 2. The van der Waals surface area contributed by atoms with Gasteiger partial charge in [0.05, 0.1) is 11.7 Å². The zero-order valence-electron chi connectivity index (χ0n) is 19.0. The molecule has 4 atom stereocenters. The summed E-state index contributed by atoms with van der Waals surface area (Å²) < 4.78 is 0. The van der Waals surface area contributed by atoms with Crippen LogP contribution < -0.4 is 0 Å². The molecule has 0 spiro atoms. The molecule has 0 bridgehead atoms. The summed E-state index contributed by atoms with van der Waals surface area (Å²) in [5, 5.41) is 32.6. The van der Waals surface area contributed by atoms with E-state index in [9.17, 15) is 15.3 Å². The van der Waals surface area contributed by atoms with Crippen LogP contribution in [0.15, 0.2) is 91.0 Å². The van der Waals surface area contributed by atoms with E-state index >= 15 is 0 Å². The van der Waals surface area contributed by atoms with Crippen LogP contribution in [0, 0.1) is 0 Å². The Kier molecular flexibility index (Phi) is 9.04. The number of aliphatic hydroxyl groups is 3. The summed E-state index contributed by atoms with van der Waals surface area (Å²) in [5.41, 5.74) is 2.20. The fourth-order valence-electron chi connectivity index (χ4n) is 4.92. The summed E-state index contributed by atoms with van der Waals surface area (Å²) >= 11 is 0. The highest BCUT2D eigenvalue weighted by molar-refractivity contribution is 5.31. The van der Waals surface area contributed by atoms with Crippen molar-refractivity contribution in [2.75, 3.05) is 6.61 Å². The van der Waals surface area contributed by atoms with Gasteiger partial charge in [0.1, 0.15) is 0 Å². The van der Waals surface area contributed by atoms with Crippen molar-refractivity contribution in [2.45, 2.75) is 62.6 Å². The molecule has 3 nitrogen and oxygen atoms in total. The predicted molar refractivity (Wildman–Crippen MR) is 131 cm³/mol. The molecular formula is C29H36O3. The zero-order valence-corrected chi connectivity index (χ0v) is 19.0. The molecule has 0 aromatic heterocycles. The highest BCUT2D eigenvalue weighted by Crippen LogP contribution is 2.47. The van der Waals surface area contributed by atoms with Crippen molar-refractivity contribution < 1.29 is 15.3 Å². The maximum atomic E-state index is 12.6. The molecule has 0 saturated heterocycles. The first kappa shape index (κ1) is 24.2. The van der Waals surface area contributed by atoms with Crippen LogP contribution in [-0.2, 0) is 6.42 Å². The number of hydrogen-bond acceptors (Lipinski definition) is 3. The SMILES string of the molecule is CC(O)CC(c1ccccc1)C(O)(CCc1ccccc1)C(CCCO)c1ccccc1. The fourth-order valence-corrected chi connectivity index (χ4v) is 4.92.